The molecule has 0 N–H and O–H groups in total. The van der Waals surface area contributed by atoms with Gasteiger partial charge in [-0.25, -0.2) is 0 Å². The fourth-order valence-corrected chi connectivity index (χ4v) is 6.56. The zero-order valence-electron chi connectivity index (χ0n) is 14.9. The first-order valence-corrected chi connectivity index (χ1v) is 12.4. The first-order valence-electron chi connectivity index (χ1n) is 9.21. The van der Waals surface area contributed by atoms with Gasteiger partial charge in [-0.15, -0.1) is 0 Å². The summed E-state index contributed by atoms with van der Waals surface area (Å²) < 4.78 is 4.40. The van der Waals surface area contributed by atoms with Crippen molar-refractivity contribution in [3.05, 3.63) is 113 Å². The summed E-state index contributed by atoms with van der Waals surface area (Å²) in [5.41, 5.74) is 10.2. The molecule has 0 heterocycles. The van der Waals surface area contributed by atoms with Crippen LogP contribution >= 0.6 is 63.7 Å². The molecule has 0 saturated carbocycles. The smallest absolute Gasteiger partial charge is 0.0529 e. The topological polar surface area (TPSA) is 0 Å². The average Bonchev–Trinajstić information content (AvgIpc) is 3.13. The highest BCUT2D eigenvalue weighted by molar-refractivity contribution is 9.11. The number of hydrogen-bond donors (Lipinski definition) is 0. The van der Waals surface area contributed by atoms with Crippen LogP contribution in [-0.4, -0.2) is 0 Å². The molecule has 2 aliphatic rings. The van der Waals surface area contributed by atoms with Crippen molar-refractivity contribution in [1.29, 1.82) is 0 Å². The van der Waals surface area contributed by atoms with E-state index in [4.69, 9.17) is 0 Å². The molecule has 29 heavy (non-hydrogen) atoms. The predicted molar refractivity (Wildman–Crippen MR) is 134 cm³/mol. The Labute approximate surface area is 202 Å². The monoisotopic (exact) mass is 628 g/mol. The lowest BCUT2D eigenvalue weighted by atomic mass is 9.70. The zero-order valence-corrected chi connectivity index (χ0v) is 21.3. The minimum Gasteiger partial charge on any atom is -0.0529 e. The number of rotatable bonds is 0. The van der Waals surface area contributed by atoms with Gasteiger partial charge in [0.25, 0.3) is 0 Å². The van der Waals surface area contributed by atoms with E-state index < -0.39 is 0 Å². The normalized spacial score (nSPS) is 14.5. The van der Waals surface area contributed by atoms with E-state index in [2.05, 4.69) is 137 Å². The van der Waals surface area contributed by atoms with Crippen molar-refractivity contribution in [2.45, 2.75) is 5.41 Å². The van der Waals surface area contributed by atoms with E-state index in [1.807, 2.05) is 0 Å². The minimum atomic E-state index is -0.337. The van der Waals surface area contributed by atoms with Gasteiger partial charge in [-0.05, 0) is 93.0 Å². The predicted octanol–water partition coefficient (Wildman–Crippen LogP) is 9.08. The van der Waals surface area contributed by atoms with Crippen molar-refractivity contribution < 1.29 is 0 Å². The van der Waals surface area contributed by atoms with E-state index in [-0.39, 0.29) is 5.41 Å². The Hall–Kier alpha value is -1.20. The number of halogens is 4. The van der Waals surface area contributed by atoms with Crippen LogP contribution in [0.4, 0.5) is 0 Å². The molecule has 6 rings (SSSR count). The van der Waals surface area contributed by atoms with Crippen LogP contribution < -0.4 is 0 Å². The maximum absolute atomic E-state index is 3.74. The maximum Gasteiger partial charge on any atom is 0.0727 e. The molecular formula is C25H12Br4. The van der Waals surface area contributed by atoms with E-state index >= 15 is 0 Å². The van der Waals surface area contributed by atoms with Gasteiger partial charge in [0, 0.05) is 17.9 Å². The molecule has 4 aromatic rings. The molecular weight excluding hydrogens is 620 g/mol. The van der Waals surface area contributed by atoms with Gasteiger partial charge in [-0.1, -0.05) is 88.0 Å². The lowest BCUT2D eigenvalue weighted by Gasteiger charge is -2.31. The van der Waals surface area contributed by atoms with Gasteiger partial charge in [0.15, 0.2) is 0 Å². The Morgan fingerprint density at radius 3 is 0.862 bits per heavy atom. The van der Waals surface area contributed by atoms with Crippen molar-refractivity contribution in [1.82, 2.24) is 0 Å². The quantitative estimate of drug-likeness (QED) is 0.157. The van der Waals surface area contributed by atoms with Crippen molar-refractivity contribution in [2.24, 2.45) is 0 Å². The summed E-state index contributed by atoms with van der Waals surface area (Å²) >= 11 is 14.9. The zero-order chi connectivity index (χ0) is 19.9. The Balaban J connectivity index is 1.88. The first-order chi connectivity index (χ1) is 14.0. The Morgan fingerprint density at radius 1 is 0.379 bits per heavy atom. The summed E-state index contributed by atoms with van der Waals surface area (Å²) in [6.07, 6.45) is 0. The average molecular weight is 632 g/mol. The molecule has 140 valence electrons. The Bertz CT molecular complexity index is 1140. The summed E-state index contributed by atoms with van der Waals surface area (Å²) in [5, 5.41) is 0. The van der Waals surface area contributed by atoms with Crippen molar-refractivity contribution in [2.75, 3.05) is 0 Å². The third kappa shape index (κ3) is 2.40. The molecule has 0 bridgehead atoms. The summed E-state index contributed by atoms with van der Waals surface area (Å²) in [7, 11) is 0. The molecule has 0 amide bonds. The molecule has 0 aromatic heterocycles. The molecule has 4 aromatic carbocycles. The summed E-state index contributed by atoms with van der Waals surface area (Å²) in [5.74, 6) is 0. The highest BCUT2D eigenvalue weighted by Gasteiger charge is 2.52. The van der Waals surface area contributed by atoms with E-state index in [0.29, 0.717) is 0 Å². The van der Waals surface area contributed by atoms with Gasteiger partial charge in [0.05, 0.1) is 5.41 Å². The third-order valence-corrected chi connectivity index (χ3v) is 8.10. The standard InChI is InChI=1S/C25H12Br4/c26-13-1-5-17-18-6-2-14(27)10-22(18)25(21(17)9-13)23-11-15(28)3-7-19(23)20-8-4-16(29)12-24(20)25/h1-12H. The molecule has 0 saturated heterocycles. The largest absolute Gasteiger partial charge is 0.0727 e. The second kappa shape index (κ2) is 6.40. The van der Waals surface area contributed by atoms with Crippen molar-refractivity contribution in [3.8, 4) is 22.3 Å². The van der Waals surface area contributed by atoms with Gasteiger partial charge < -0.3 is 0 Å². The van der Waals surface area contributed by atoms with Gasteiger partial charge in [0.2, 0.25) is 0 Å². The second-order valence-electron chi connectivity index (χ2n) is 7.51. The number of hydrogen-bond acceptors (Lipinski definition) is 0. The Kier molecular flexibility index (Phi) is 4.10. The minimum absolute atomic E-state index is 0.337. The SMILES string of the molecule is Brc1ccc2c(c1)C1(c3cc(Br)ccc3-2)c2cc(Br)ccc2-c2ccc(Br)cc21. The van der Waals surface area contributed by atoms with Crippen LogP contribution in [0.3, 0.4) is 0 Å². The van der Waals surface area contributed by atoms with Crippen LogP contribution in [0.1, 0.15) is 22.3 Å². The van der Waals surface area contributed by atoms with Crippen LogP contribution in [0.25, 0.3) is 22.3 Å². The van der Waals surface area contributed by atoms with E-state index in [1.165, 1.54) is 44.5 Å². The maximum atomic E-state index is 3.74. The van der Waals surface area contributed by atoms with Gasteiger partial charge in [0.1, 0.15) is 0 Å². The fourth-order valence-electron chi connectivity index (χ4n) is 5.12. The number of benzene rings is 4. The van der Waals surface area contributed by atoms with Gasteiger partial charge in [-0.2, -0.15) is 0 Å². The Morgan fingerprint density at radius 2 is 0.621 bits per heavy atom. The lowest BCUT2D eigenvalue weighted by molar-refractivity contribution is 0.791. The van der Waals surface area contributed by atoms with E-state index in [1.54, 1.807) is 0 Å². The van der Waals surface area contributed by atoms with E-state index in [0.717, 1.165) is 17.9 Å². The van der Waals surface area contributed by atoms with E-state index in [9.17, 15) is 0 Å². The van der Waals surface area contributed by atoms with Gasteiger partial charge in [-0.3, -0.25) is 0 Å². The summed E-state index contributed by atoms with van der Waals surface area (Å²) in [4.78, 5) is 0. The molecule has 0 atom stereocenters. The van der Waals surface area contributed by atoms with Gasteiger partial charge >= 0.3 is 0 Å². The van der Waals surface area contributed by atoms with Crippen LogP contribution in [0.5, 0.6) is 0 Å². The molecule has 0 radical (unpaired) electrons. The molecule has 0 aliphatic heterocycles. The highest BCUT2D eigenvalue weighted by Crippen LogP contribution is 2.63. The van der Waals surface area contributed by atoms with Crippen LogP contribution in [-0.2, 0) is 5.41 Å². The van der Waals surface area contributed by atoms with Crippen LogP contribution in [0.2, 0.25) is 0 Å². The third-order valence-electron chi connectivity index (χ3n) is 6.12. The van der Waals surface area contributed by atoms with Crippen LogP contribution in [0.15, 0.2) is 90.7 Å². The van der Waals surface area contributed by atoms with Crippen molar-refractivity contribution >= 4 is 63.7 Å². The second-order valence-corrected chi connectivity index (χ2v) is 11.2. The highest BCUT2D eigenvalue weighted by atomic mass is 79.9. The molecule has 0 unspecified atom stereocenters. The molecule has 0 nitrogen and oxygen atoms in total. The fraction of sp³-hybridized carbons (Fsp3) is 0.0400. The molecule has 1 spiro atoms. The molecule has 4 heteroatoms. The van der Waals surface area contributed by atoms with Crippen molar-refractivity contribution in [3.63, 3.8) is 0 Å². The molecule has 2 aliphatic carbocycles. The summed E-state index contributed by atoms with van der Waals surface area (Å²) in [6.45, 7) is 0. The number of fused-ring (bicyclic) bond motifs is 10. The summed E-state index contributed by atoms with van der Waals surface area (Å²) in [6, 6.07) is 26.7. The molecule has 0 fully saturated rings. The first kappa shape index (κ1) is 18.6. The lowest BCUT2D eigenvalue weighted by Crippen LogP contribution is -2.26. The van der Waals surface area contributed by atoms with Crippen LogP contribution in [0, 0.1) is 0 Å².